The number of nitrogens with two attached hydrogens (primary N) is 1. The van der Waals surface area contributed by atoms with E-state index < -0.39 is 0 Å². The molecule has 14 heavy (non-hydrogen) atoms. The third-order valence-electron chi connectivity index (χ3n) is 2.94. The Morgan fingerprint density at radius 2 is 2.29 bits per heavy atom. The van der Waals surface area contributed by atoms with Crippen LogP contribution in [0.15, 0.2) is 0 Å². The summed E-state index contributed by atoms with van der Waals surface area (Å²) in [4.78, 5) is 13.6. The molecular formula is C10H20N2O2. The SMILES string of the molecule is CN(C(=O)C1CCCO1)C(C)(C)CN. The predicted molar refractivity (Wildman–Crippen MR) is 54.9 cm³/mol. The summed E-state index contributed by atoms with van der Waals surface area (Å²) < 4.78 is 5.34. The molecule has 0 aromatic heterocycles. The third kappa shape index (κ3) is 2.25. The van der Waals surface area contributed by atoms with E-state index >= 15 is 0 Å². The van der Waals surface area contributed by atoms with Gasteiger partial charge in [0.15, 0.2) is 0 Å². The Hall–Kier alpha value is -0.610. The Bertz CT molecular complexity index is 210. The molecule has 0 saturated carbocycles. The van der Waals surface area contributed by atoms with E-state index in [0.717, 1.165) is 12.8 Å². The van der Waals surface area contributed by atoms with Gasteiger partial charge in [0.1, 0.15) is 6.10 Å². The molecule has 0 aromatic rings. The molecule has 1 aliphatic heterocycles. The van der Waals surface area contributed by atoms with Gasteiger partial charge in [-0.15, -0.1) is 0 Å². The summed E-state index contributed by atoms with van der Waals surface area (Å²) in [5.74, 6) is 0.0537. The molecule has 1 heterocycles. The molecule has 4 nitrogen and oxygen atoms in total. The van der Waals surface area contributed by atoms with Crippen LogP contribution in [0, 0.1) is 0 Å². The summed E-state index contributed by atoms with van der Waals surface area (Å²) >= 11 is 0. The van der Waals surface area contributed by atoms with Gasteiger partial charge in [-0.25, -0.2) is 0 Å². The second-order valence-corrected chi connectivity index (χ2v) is 4.42. The zero-order valence-electron chi connectivity index (χ0n) is 9.25. The van der Waals surface area contributed by atoms with Crippen LogP contribution in [0.2, 0.25) is 0 Å². The molecule has 1 atom stereocenters. The summed E-state index contributed by atoms with van der Waals surface area (Å²) in [6.07, 6.45) is 1.57. The van der Waals surface area contributed by atoms with Gasteiger partial charge in [0.25, 0.3) is 5.91 Å². The first-order valence-electron chi connectivity index (χ1n) is 5.08. The maximum atomic E-state index is 11.9. The molecule has 2 N–H and O–H groups in total. The van der Waals surface area contributed by atoms with Crippen molar-refractivity contribution in [3.63, 3.8) is 0 Å². The van der Waals surface area contributed by atoms with E-state index in [1.54, 1.807) is 11.9 Å². The normalized spacial score (nSPS) is 22.4. The monoisotopic (exact) mass is 200 g/mol. The van der Waals surface area contributed by atoms with Crippen molar-refractivity contribution in [2.45, 2.75) is 38.3 Å². The predicted octanol–water partition coefficient (Wildman–Crippen LogP) is 0.361. The zero-order valence-corrected chi connectivity index (χ0v) is 9.25. The van der Waals surface area contributed by atoms with Crippen LogP contribution >= 0.6 is 0 Å². The molecule has 0 spiro atoms. The number of nitrogens with zero attached hydrogens (tertiary/aromatic N) is 1. The molecule has 82 valence electrons. The maximum Gasteiger partial charge on any atom is 0.251 e. The van der Waals surface area contributed by atoms with Gasteiger partial charge in [0.05, 0.1) is 0 Å². The summed E-state index contributed by atoms with van der Waals surface area (Å²) in [7, 11) is 1.79. The van der Waals surface area contributed by atoms with Gasteiger partial charge >= 0.3 is 0 Å². The van der Waals surface area contributed by atoms with Crippen molar-refractivity contribution in [3.8, 4) is 0 Å². The highest BCUT2D eigenvalue weighted by Gasteiger charge is 2.33. The van der Waals surface area contributed by atoms with Crippen LogP contribution in [0.25, 0.3) is 0 Å². The largest absolute Gasteiger partial charge is 0.368 e. The quantitative estimate of drug-likeness (QED) is 0.715. The first-order valence-corrected chi connectivity index (χ1v) is 5.08. The van der Waals surface area contributed by atoms with Gasteiger partial charge in [-0.2, -0.15) is 0 Å². The van der Waals surface area contributed by atoms with Crippen LogP contribution in [-0.2, 0) is 9.53 Å². The topological polar surface area (TPSA) is 55.6 Å². The molecule has 0 aliphatic carbocycles. The van der Waals surface area contributed by atoms with Gasteiger partial charge in [-0.1, -0.05) is 0 Å². The highest BCUT2D eigenvalue weighted by Crippen LogP contribution is 2.18. The van der Waals surface area contributed by atoms with Gasteiger partial charge in [-0.05, 0) is 26.7 Å². The molecule has 0 radical (unpaired) electrons. The number of likely N-dealkylation sites (N-methyl/N-ethyl adjacent to an activating group) is 1. The first-order chi connectivity index (χ1) is 6.49. The number of hydrogen-bond donors (Lipinski definition) is 1. The third-order valence-corrected chi connectivity index (χ3v) is 2.94. The lowest BCUT2D eigenvalue weighted by molar-refractivity contribution is -0.144. The molecule has 1 rings (SSSR count). The molecule has 1 fully saturated rings. The minimum atomic E-state index is -0.289. The summed E-state index contributed by atoms with van der Waals surface area (Å²) in [6.45, 7) is 5.08. The molecule has 1 saturated heterocycles. The molecule has 1 aliphatic rings. The van der Waals surface area contributed by atoms with Crippen molar-refractivity contribution in [3.05, 3.63) is 0 Å². The van der Waals surface area contributed by atoms with Crippen LogP contribution in [0.5, 0.6) is 0 Å². The summed E-state index contributed by atoms with van der Waals surface area (Å²) in [6, 6.07) is 0. The van der Waals surface area contributed by atoms with Crippen molar-refractivity contribution in [2.24, 2.45) is 5.73 Å². The smallest absolute Gasteiger partial charge is 0.251 e. The Morgan fingerprint density at radius 1 is 1.64 bits per heavy atom. The number of amides is 1. The van der Waals surface area contributed by atoms with Crippen LogP contribution in [-0.4, -0.2) is 42.6 Å². The van der Waals surface area contributed by atoms with E-state index in [1.807, 2.05) is 13.8 Å². The minimum absolute atomic E-state index is 0.0537. The number of carbonyl (C=O) groups is 1. The second kappa shape index (κ2) is 4.28. The fourth-order valence-electron chi connectivity index (χ4n) is 1.42. The first kappa shape index (κ1) is 11.5. The lowest BCUT2D eigenvalue weighted by Crippen LogP contribution is -2.52. The Balaban J connectivity index is 2.59. The highest BCUT2D eigenvalue weighted by molar-refractivity contribution is 5.81. The zero-order chi connectivity index (χ0) is 10.8. The average molecular weight is 200 g/mol. The summed E-state index contributed by atoms with van der Waals surface area (Å²) in [5.41, 5.74) is 5.32. The van der Waals surface area contributed by atoms with E-state index in [1.165, 1.54) is 0 Å². The van der Waals surface area contributed by atoms with Crippen LogP contribution in [0.3, 0.4) is 0 Å². The number of carbonyl (C=O) groups excluding carboxylic acids is 1. The van der Waals surface area contributed by atoms with E-state index in [9.17, 15) is 4.79 Å². The summed E-state index contributed by atoms with van der Waals surface area (Å²) in [5, 5.41) is 0. The maximum absolute atomic E-state index is 11.9. The molecule has 0 aromatic carbocycles. The second-order valence-electron chi connectivity index (χ2n) is 4.42. The Morgan fingerprint density at radius 3 is 2.71 bits per heavy atom. The molecule has 4 heteroatoms. The van der Waals surface area contributed by atoms with Crippen molar-refractivity contribution < 1.29 is 9.53 Å². The average Bonchev–Trinajstić information content (AvgIpc) is 2.68. The van der Waals surface area contributed by atoms with Gasteiger partial charge < -0.3 is 15.4 Å². The van der Waals surface area contributed by atoms with Crippen molar-refractivity contribution in [1.82, 2.24) is 4.90 Å². The van der Waals surface area contributed by atoms with Crippen molar-refractivity contribution >= 4 is 5.91 Å². The van der Waals surface area contributed by atoms with E-state index in [-0.39, 0.29) is 17.6 Å². The van der Waals surface area contributed by atoms with Crippen LogP contribution < -0.4 is 5.73 Å². The Kier molecular flexibility index (Phi) is 3.50. The molecule has 0 bridgehead atoms. The molecule has 1 amide bonds. The Labute approximate surface area is 85.4 Å². The minimum Gasteiger partial charge on any atom is -0.368 e. The number of hydrogen-bond acceptors (Lipinski definition) is 3. The van der Waals surface area contributed by atoms with Crippen LogP contribution in [0.1, 0.15) is 26.7 Å². The van der Waals surface area contributed by atoms with E-state index in [0.29, 0.717) is 13.2 Å². The van der Waals surface area contributed by atoms with E-state index in [2.05, 4.69) is 0 Å². The molecule has 1 unspecified atom stereocenters. The number of rotatable bonds is 3. The lowest BCUT2D eigenvalue weighted by Gasteiger charge is -2.35. The highest BCUT2D eigenvalue weighted by atomic mass is 16.5. The van der Waals surface area contributed by atoms with Crippen molar-refractivity contribution in [1.29, 1.82) is 0 Å². The fraction of sp³-hybridized carbons (Fsp3) is 0.900. The fourth-order valence-corrected chi connectivity index (χ4v) is 1.42. The van der Waals surface area contributed by atoms with Gasteiger partial charge in [-0.3, -0.25) is 4.79 Å². The lowest BCUT2D eigenvalue weighted by atomic mass is 10.0. The van der Waals surface area contributed by atoms with Crippen molar-refractivity contribution in [2.75, 3.05) is 20.2 Å². The van der Waals surface area contributed by atoms with E-state index in [4.69, 9.17) is 10.5 Å². The van der Waals surface area contributed by atoms with Crippen LogP contribution in [0.4, 0.5) is 0 Å². The molecular weight excluding hydrogens is 180 g/mol. The standard InChI is InChI=1S/C10H20N2O2/c1-10(2,7-11)12(3)9(13)8-5-4-6-14-8/h8H,4-7,11H2,1-3H3. The number of ether oxygens (including phenoxy) is 1. The van der Waals surface area contributed by atoms with Gasteiger partial charge in [0.2, 0.25) is 0 Å². The van der Waals surface area contributed by atoms with Gasteiger partial charge in [0, 0.05) is 25.7 Å².